The van der Waals surface area contributed by atoms with Crippen molar-refractivity contribution in [3.05, 3.63) is 5.56 Å². The largest absolute Gasteiger partial charge is 0.396 e. The van der Waals surface area contributed by atoms with Gasteiger partial charge in [-0.2, -0.15) is 5.26 Å². The predicted octanol–water partition coefficient (Wildman–Crippen LogP) is 0.337. The molecule has 1 fully saturated rings. The van der Waals surface area contributed by atoms with Crippen LogP contribution < -0.4 is 10.6 Å². The van der Waals surface area contributed by atoms with Crippen molar-refractivity contribution in [1.29, 1.82) is 5.26 Å². The molecule has 0 bridgehead atoms. The van der Waals surface area contributed by atoms with E-state index >= 15 is 0 Å². The molecule has 0 amide bonds. The highest BCUT2D eigenvalue weighted by Crippen LogP contribution is 2.27. The molecule has 1 aliphatic rings. The second-order valence-electron chi connectivity index (χ2n) is 3.97. The molecule has 86 valence electrons. The summed E-state index contributed by atoms with van der Waals surface area (Å²) >= 11 is 0. The SMILES string of the molecule is N#Cc1c(N2CCC(CO)CC2)noc1N. The van der Waals surface area contributed by atoms with E-state index in [0.717, 1.165) is 25.9 Å². The van der Waals surface area contributed by atoms with Crippen molar-refractivity contribution in [3.8, 4) is 6.07 Å². The smallest absolute Gasteiger partial charge is 0.242 e. The van der Waals surface area contributed by atoms with E-state index in [1.807, 2.05) is 11.0 Å². The highest BCUT2D eigenvalue weighted by molar-refractivity contribution is 5.62. The summed E-state index contributed by atoms with van der Waals surface area (Å²) in [5.41, 5.74) is 5.80. The van der Waals surface area contributed by atoms with Crippen LogP contribution >= 0.6 is 0 Å². The number of hydrogen-bond acceptors (Lipinski definition) is 6. The van der Waals surface area contributed by atoms with Crippen molar-refractivity contribution in [2.24, 2.45) is 5.92 Å². The maximum atomic E-state index is 9.03. The number of anilines is 2. The van der Waals surface area contributed by atoms with Gasteiger partial charge in [-0.25, -0.2) is 0 Å². The number of aliphatic hydroxyl groups is 1. The average molecular weight is 222 g/mol. The van der Waals surface area contributed by atoms with Crippen LogP contribution in [0.5, 0.6) is 0 Å². The highest BCUT2D eigenvalue weighted by Gasteiger charge is 2.24. The number of nitrogens with zero attached hydrogens (tertiary/aromatic N) is 3. The Kier molecular flexibility index (Phi) is 2.97. The number of piperidine rings is 1. The number of nitrogens with two attached hydrogens (primary N) is 1. The third-order valence-electron chi connectivity index (χ3n) is 2.98. The van der Waals surface area contributed by atoms with Gasteiger partial charge in [-0.3, -0.25) is 0 Å². The van der Waals surface area contributed by atoms with E-state index in [1.165, 1.54) is 0 Å². The number of hydrogen-bond donors (Lipinski definition) is 2. The van der Waals surface area contributed by atoms with Gasteiger partial charge in [-0.05, 0) is 18.8 Å². The van der Waals surface area contributed by atoms with Crippen LogP contribution in [-0.2, 0) is 0 Å². The van der Waals surface area contributed by atoms with E-state index in [1.54, 1.807) is 0 Å². The summed E-state index contributed by atoms with van der Waals surface area (Å²) in [6.07, 6.45) is 1.79. The van der Waals surface area contributed by atoms with Crippen molar-refractivity contribution in [3.63, 3.8) is 0 Å². The first-order valence-electron chi connectivity index (χ1n) is 5.27. The van der Waals surface area contributed by atoms with Crippen molar-refractivity contribution >= 4 is 11.7 Å². The number of nitriles is 1. The molecule has 0 unspecified atom stereocenters. The fourth-order valence-corrected chi connectivity index (χ4v) is 1.94. The summed E-state index contributed by atoms with van der Waals surface area (Å²) in [5, 5.41) is 21.8. The molecule has 0 radical (unpaired) electrons. The molecule has 3 N–H and O–H groups in total. The Morgan fingerprint density at radius 1 is 1.56 bits per heavy atom. The Morgan fingerprint density at radius 2 is 2.25 bits per heavy atom. The maximum absolute atomic E-state index is 9.03. The molecule has 2 rings (SSSR count). The van der Waals surface area contributed by atoms with E-state index in [-0.39, 0.29) is 12.5 Å². The van der Waals surface area contributed by atoms with Crippen LogP contribution in [0, 0.1) is 17.2 Å². The van der Waals surface area contributed by atoms with E-state index < -0.39 is 0 Å². The molecule has 6 nitrogen and oxygen atoms in total. The fraction of sp³-hybridized carbons (Fsp3) is 0.600. The standard InChI is InChI=1S/C10H14N4O2/c11-5-8-9(12)16-13-10(8)14-3-1-7(6-15)2-4-14/h7,15H,1-4,6,12H2. The van der Waals surface area contributed by atoms with Gasteiger partial charge < -0.3 is 20.3 Å². The maximum Gasteiger partial charge on any atom is 0.242 e. The number of rotatable bonds is 2. The van der Waals surface area contributed by atoms with Crippen LogP contribution in [0.1, 0.15) is 18.4 Å². The minimum Gasteiger partial charge on any atom is -0.396 e. The lowest BCUT2D eigenvalue weighted by Gasteiger charge is -2.30. The zero-order chi connectivity index (χ0) is 11.5. The third-order valence-corrected chi connectivity index (χ3v) is 2.98. The zero-order valence-electron chi connectivity index (χ0n) is 8.89. The fourth-order valence-electron chi connectivity index (χ4n) is 1.94. The monoisotopic (exact) mass is 222 g/mol. The number of aliphatic hydroxyl groups excluding tert-OH is 1. The van der Waals surface area contributed by atoms with Crippen molar-refractivity contribution < 1.29 is 9.63 Å². The molecule has 1 saturated heterocycles. The van der Waals surface area contributed by atoms with Gasteiger partial charge in [0, 0.05) is 19.7 Å². The normalized spacial score (nSPS) is 17.4. The Bertz CT molecular complexity index is 401. The lowest BCUT2D eigenvalue weighted by molar-refractivity contribution is 0.202. The Morgan fingerprint density at radius 3 is 2.81 bits per heavy atom. The second kappa shape index (κ2) is 4.41. The van der Waals surface area contributed by atoms with Gasteiger partial charge in [0.25, 0.3) is 0 Å². The zero-order valence-corrected chi connectivity index (χ0v) is 8.89. The summed E-state index contributed by atoms with van der Waals surface area (Å²) < 4.78 is 4.81. The first-order valence-corrected chi connectivity index (χ1v) is 5.27. The Balaban J connectivity index is 2.12. The highest BCUT2D eigenvalue weighted by atomic mass is 16.5. The van der Waals surface area contributed by atoms with E-state index in [9.17, 15) is 0 Å². The minimum absolute atomic E-state index is 0.0711. The van der Waals surface area contributed by atoms with Crippen molar-refractivity contribution in [2.45, 2.75) is 12.8 Å². The first-order chi connectivity index (χ1) is 7.76. The van der Waals surface area contributed by atoms with Gasteiger partial charge in [-0.15, -0.1) is 0 Å². The molecule has 6 heteroatoms. The summed E-state index contributed by atoms with van der Waals surface area (Å²) in [7, 11) is 0. The molecule has 0 saturated carbocycles. The van der Waals surface area contributed by atoms with Crippen LogP contribution in [0.4, 0.5) is 11.7 Å². The minimum atomic E-state index is 0.0711. The van der Waals surface area contributed by atoms with Gasteiger partial charge in [0.2, 0.25) is 5.88 Å². The Hall–Kier alpha value is -1.74. The average Bonchev–Trinajstić information content (AvgIpc) is 2.70. The predicted molar refractivity (Wildman–Crippen MR) is 57.7 cm³/mol. The molecule has 1 aromatic rings. The van der Waals surface area contributed by atoms with Crippen molar-refractivity contribution in [1.82, 2.24) is 5.16 Å². The summed E-state index contributed by atoms with van der Waals surface area (Å²) in [6.45, 7) is 1.76. The molecular formula is C10H14N4O2. The van der Waals surface area contributed by atoms with Crippen LogP contribution in [0.25, 0.3) is 0 Å². The van der Waals surface area contributed by atoms with Crippen molar-refractivity contribution in [2.75, 3.05) is 30.3 Å². The van der Waals surface area contributed by atoms with Crippen LogP contribution in [-0.4, -0.2) is 30.0 Å². The van der Waals surface area contributed by atoms with Gasteiger partial charge in [-0.1, -0.05) is 5.16 Å². The van der Waals surface area contributed by atoms with Crippen LogP contribution in [0.3, 0.4) is 0 Å². The molecule has 0 atom stereocenters. The molecule has 1 aliphatic heterocycles. The summed E-state index contributed by atoms with van der Waals surface area (Å²) in [5.74, 6) is 0.948. The van der Waals surface area contributed by atoms with E-state index in [2.05, 4.69) is 5.16 Å². The quantitative estimate of drug-likeness (QED) is 0.748. The van der Waals surface area contributed by atoms with Gasteiger partial charge in [0.05, 0.1) is 0 Å². The number of nitrogen functional groups attached to an aromatic ring is 1. The summed E-state index contributed by atoms with van der Waals surface area (Å²) in [4.78, 5) is 1.98. The van der Waals surface area contributed by atoms with Crippen LogP contribution in [0.15, 0.2) is 4.52 Å². The molecular weight excluding hydrogens is 208 g/mol. The van der Waals surface area contributed by atoms with Gasteiger partial charge >= 0.3 is 0 Å². The summed E-state index contributed by atoms with van der Waals surface area (Å²) in [6, 6.07) is 1.99. The Labute approximate surface area is 93.2 Å². The molecule has 0 aliphatic carbocycles. The van der Waals surface area contributed by atoms with E-state index in [0.29, 0.717) is 17.3 Å². The number of aromatic nitrogens is 1. The topological polar surface area (TPSA) is 99.3 Å². The molecule has 0 spiro atoms. The lowest BCUT2D eigenvalue weighted by Crippen LogP contribution is -2.35. The molecule has 2 heterocycles. The molecule has 16 heavy (non-hydrogen) atoms. The van der Waals surface area contributed by atoms with Gasteiger partial charge in [0.1, 0.15) is 6.07 Å². The lowest BCUT2D eigenvalue weighted by atomic mass is 9.98. The van der Waals surface area contributed by atoms with Crippen LogP contribution in [0.2, 0.25) is 0 Å². The second-order valence-corrected chi connectivity index (χ2v) is 3.97. The molecule has 1 aromatic heterocycles. The first kappa shape index (κ1) is 10.8. The third kappa shape index (κ3) is 1.82. The molecule has 0 aromatic carbocycles. The van der Waals surface area contributed by atoms with Gasteiger partial charge in [0.15, 0.2) is 11.4 Å². The van der Waals surface area contributed by atoms with E-state index in [4.69, 9.17) is 20.6 Å².